The van der Waals surface area contributed by atoms with E-state index in [9.17, 15) is 23.1 Å². The van der Waals surface area contributed by atoms with Gasteiger partial charge in [0.05, 0.1) is 18.6 Å². The third-order valence-corrected chi connectivity index (χ3v) is 6.04. The summed E-state index contributed by atoms with van der Waals surface area (Å²) in [5, 5.41) is 12.8. The van der Waals surface area contributed by atoms with E-state index in [4.69, 9.17) is 0 Å². The van der Waals surface area contributed by atoms with Gasteiger partial charge in [0.25, 0.3) is 0 Å². The topological polar surface area (TPSA) is 57.5 Å². The fourth-order valence-electron chi connectivity index (χ4n) is 4.51. The van der Waals surface area contributed by atoms with Crippen LogP contribution in [0.5, 0.6) is 0 Å². The van der Waals surface area contributed by atoms with Gasteiger partial charge >= 0.3 is 6.18 Å². The number of carbonyl (C=O) groups excluding carboxylic acids is 1. The average molecular weight is 438 g/mol. The number of aryl methyl sites for hydroxylation is 2. The van der Waals surface area contributed by atoms with Crippen LogP contribution in [0.3, 0.4) is 0 Å². The molecule has 0 fully saturated rings. The first-order chi connectivity index (χ1) is 14.6. The number of amides is 1. The van der Waals surface area contributed by atoms with Crippen LogP contribution in [0.15, 0.2) is 24.3 Å². The standard InChI is InChI=1S/C23H30F3N3O2/c1-5-16(13-30)27-22(31)15-10-14(11-28(3)12-15)18-8-7-9-19-20(18)17(6-2)21(29(19)4)23(24,25)26/h7-10,15-16,30H,5-6,11-13H2,1-4H3,(H,27,31). The Hall–Kier alpha value is -2.32. The number of aliphatic hydroxyl groups excluding tert-OH is 1. The lowest BCUT2D eigenvalue weighted by Gasteiger charge is -2.30. The number of halogens is 3. The fourth-order valence-corrected chi connectivity index (χ4v) is 4.51. The molecule has 5 nitrogen and oxygen atoms in total. The number of carbonyl (C=O) groups is 1. The Morgan fingerprint density at radius 3 is 2.58 bits per heavy atom. The molecule has 1 aromatic heterocycles. The maximum absolute atomic E-state index is 13.8. The second-order valence-electron chi connectivity index (χ2n) is 8.23. The first kappa shape index (κ1) is 23.3. The number of hydrogen-bond donors (Lipinski definition) is 2. The van der Waals surface area contributed by atoms with Crippen molar-refractivity contribution >= 4 is 22.4 Å². The highest BCUT2D eigenvalue weighted by atomic mass is 19.4. The van der Waals surface area contributed by atoms with Gasteiger partial charge in [-0.15, -0.1) is 0 Å². The van der Waals surface area contributed by atoms with Gasteiger partial charge < -0.3 is 19.9 Å². The zero-order valence-corrected chi connectivity index (χ0v) is 18.4. The molecule has 170 valence electrons. The Balaban J connectivity index is 2.12. The molecular weight excluding hydrogens is 407 g/mol. The van der Waals surface area contributed by atoms with Crippen molar-refractivity contribution < 1.29 is 23.1 Å². The number of aliphatic hydroxyl groups is 1. The van der Waals surface area contributed by atoms with E-state index < -0.39 is 17.8 Å². The van der Waals surface area contributed by atoms with Gasteiger partial charge in [0, 0.05) is 31.0 Å². The number of nitrogens with zero attached hydrogens (tertiary/aromatic N) is 2. The smallest absolute Gasteiger partial charge is 0.394 e. The van der Waals surface area contributed by atoms with Crippen molar-refractivity contribution in [2.24, 2.45) is 13.0 Å². The largest absolute Gasteiger partial charge is 0.431 e. The van der Waals surface area contributed by atoms with E-state index >= 15 is 0 Å². The molecule has 0 saturated carbocycles. The van der Waals surface area contributed by atoms with E-state index in [1.165, 1.54) is 11.6 Å². The Bertz CT molecular complexity index is 990. The highest BCUT2D eigenvalue weighted by molar-refractivity contribution is 5.98. The minimum atomic E-state index is -4.45. The summed E-state index contributed by atoms with van der Waals surface area (Å²) >= 11 is 0. The molecule has 2 unspecified atom stereocenters. The van der Waals surface area contributed by atoms with Gasteiger partial charge in [-0.25, -0.2) is 0 Å². The molecule has 31 heavy (non-hydrogen) atoms. The second kappa shape index (κ2) is 9.04. The predicted octanol–water partition coefficient (Wildman–Crippen LogP) is 3.59. The van der Waals surface area contributed by atoms with Crippen molar-refractivity contribution in [2.75, 3.05) is 26.7 Å². The van der Waals surface area contributed by atoms with Gasteiger partial charge in [0.2, 0.25) is 5.91 Å². The third-order valence-electron chi connectivity index (χ3n) is 6.04. The van der Waals surface area contributed by atoms with Gasteiger partial charge in [-0.1, -0.05) is 32.1 Å². The molecule has 1 aliphatic rings. The molecule has 0 spiro atoms. The Labute approximate surface area is 180 Å². The van der Waals surface area contributed by atoms with E-state index in [1.54, 1.807) is 19.1 Å². The molecule has 0 bridgehead atoms. The lowest BCUT2D eigenvalue weighted by molar-refractivity contribution is -0.143. The van der Waals surface area contributed by atoms with Crippen molar-refractivity contribution in [1.82, 2.24) is 14.8 Å². The van der Waals surface area contributed by atoms with Crippen molar-refractivity contribution in [3.63, 3.8) is 0 Å². The van der Waals surface area contributed by atoms with Crippen molar-refractivity contribution in [3.05, 3.63) is 41.1 Å². The minimum Gasteiger partial charge on any atom is -0.394 e. The quantitative estimate of drug-likeness (QED) is 0.726. The summed E-state index contributed by atoms with van der Waals surface area (Å²) in [6.45, 7) is 4.54. The van der Waals surface area contributed by atoms with Crippen molar-refractivity contribution in [2.45, 2.75) is 38.9 Å². The van der Waals surface area contributed by atoms with Crippen LogP contribution in [0.2, 0.25) is 0 Å². The summed E-state index contributed by atoms with van der Waals surface area (Å²) in [6, 6.07) is 5.00. The molecule has 8 heteroatoms. The van der Waals surface area contributed by atoms with Crippen LogP contribution >= 0.6 is 0 Å². The number of fused-ring (bicyclic) bond motifs is 1. The highest BCUT2D eigenvalue weighted by Crippen LogP contribution is 2.41. The van der Waals surface area contributed by atoms with E-state index in [1.807, 2.05) is 31.0 Å². The first-order valence-corrected chi connectivity index (χ1v) is 10.6. The molecular formula is C23H30F3N3O2. The molecule has 1 aromatic carbocycles. The van der Waals surface area contributed by atoms with E-state index in [2.05, 4.69) is 5.32 Å². The van der Waals surface area contributed by atoms with E-state index in [0.29, 0.717) is 30.4 Å². The lowest BCUT2D eigenvalue weighted by atomic mass is 9.91. The number of nitrogens with one attached hydrogen (secondary N) is 1. The number of alkyl halides is 3. The monoisotopic (exact) mass is 437 g/mol. The second-order valence-corrected chi connectivity index (χ2v) is 8.23. The van der Waals surface area contributed by atoms with Crippen LogP contribution in [0.25, 0.3) is 16.5 Å². The minimum absolute atomic E-state index is 0.134. The maximum atomic E-state index is 13.8. The number of likely N-dealkylation sites (N-methyl/N-ethyl adjacent to an activating group) is 1. The SMILES string of the molecule is CCc1c(C(F)(F)F)n(C)c2cccc(C3=CC(C(=O)NC(CC)CO)CN(C)C3)c12. The molecule has 2 atom stereocenters. The van der Waals surface area contributed by atoms with E-state index in [0.717, 1.165) is 11.1 Å². The summed E-state index contributed by atoms with van der Waals surface area (Å²) in [7, 11) is 3.34. The summed E-state index contributed by atoms with van der Waals surface area (Å²) < 4.78 is 42.7. The van der Waals surface area contributed by atoms with Crippen LogP contribution in [0.1, 0.15) is 37.1 Å². The lowest BCUT2D eigenvalue weighted by Crippen LogP contribution is -2.45. The summed E-state index contributed by atoms with van der Waals surface area (Å²) in [5.74, 6) is -0.627. The third kappa shape index (κ3) is 4.50. The number of aromatic nitrogens is 1. The number of benzene rings is 1. The molecule has 1 amide bonds. The number of rotatable bonds is 6. The molecule has 0 saturated heterocycles. The van der Waals surface area contributed by atoms with Gasteiger partial charge in [-0.2, -0.15) is 13.2 Å². The van der Waals surface area contributed by atoms with Crippen LogP contribution in [0, 0.1) is 5.92 Å². The predicted molar refractivity (Wildman–Crippen MR) is 116 cm³/mol. The van der Waals surface area contributed by atoms with Gasteiger partial charge in [-0.3, -0.25) is 4.79 Å². The Morgan fingerprint density at radius 2 is 2.00 bits per heavy atom. The van der Waals surface area contributed by atoms with Gasteiger partial charge in [0.15, 0.2) is 0 Å². The molecule has 0 radical (unpaired) electrons. The van der Waals surface area contributed by atoms with Crippen LogP contribution in [-0.2, 0) is 24.4 Å². The first-order valence-electron chi connectivity index (χ1n) is 10.6. The van der Waals surface area contributed by atoms with Gasteiger partial charge in [-0.05, 0) is 42.7 Å². The van der Waals surface area contributed by atoms with Crippen molar-refractivity contribution in [3.8, 4) is 0 Å². The number of hydrogen-bond acceptors (Lipinski definition) is 3. The summed E-state index contributed by atoms with van der Waals surface area (Å²) in [4.78, 5) is 14.8. The molecule has 3 rings (SSSR count). The van der Waals surface area contributed by atoms with Crippen LogP contribution in [-0.4, -0.2) is 53.3 Å². The molecule has 0 aliphatic carbocycles. The molecule has 2 N–H and O–H groups in total. The zero-order chi connectivity index (χ0) is 22.9. The Morgan fingerprint density at radius 1 is 1.29 bits per heavy atom. The maximum Gasteiger partial charge on any atom is 0.431 e. The zero-order valence-electron chi connectivity index (χ0n) is 18.4. The molecule has 1 aliphatic heterocycles. The van der Waals surface area contributed by atoms with Crippen molar-refractivity contribution in [1.29, 1.82) is 0 Å². The fraction of sp³-hybridized carbons (Fsp3) is 0.522. The Kier molecular flexibility index (Phi) is 6.81. The highest BCUT2D eigenvalue weighted by Gasteiger charge is 2.38. The molecule has 2 aromatic rings. The summed E-state index contributed by atoms with van der Waals surface area (Å²) in [5.41, 5.74) is 1.76. The summed E-state index contributed by atoms with van der Waals surface area (Å²) in [6.07, 6.45) is -1.71. The van der Waals surface area contributed by atoms with Crippen LogP contribution in [0.4, 0.5) is 13.2 Å². The molecule has 2 heterocycles. The van der Waals surface area contributed by atoms with E-state index in [-0.39, 0.29) is 30.5 Å². The van der Waals surface area contributed by atoms with Gasteiger partial charge in [0.1, 0.15) is 5.69 Å². The average Bonchev–Trinajstić information content (AvgIpc) is 3.03. The normalized spacial score (nSPS) is 18.8. The van der Waals surface area contributed by atoms with Crippen LogP contribution < -0.4 is 5.32 Å².